The lowest BCUT2D eigenvalue weighted by molar-refractivity contribution is 0.101. The second kappa shape index (κ2) is 10.8. The average molecular weight is 528 g/mol. The number of hydrogen-bond acceptors (Lipinski definition) is 7. The molecule has 0 unspecified atom stereocenters. The fourth-order valence-electron chi connectivity index (χ4n) is 5.77. The van der Waals surface area contributed by atoms with Gasteiger partial charge in [-0.25, -0.2) is 19.3 Å². The maximum Gasteiger partial charge on any atom is 0.229 e. The molecule has 1 saturated carbocycles. The Hall–Kier alpha value is -3.69. The molecule has 8 nitrogen and oxygen atoms in total. The van der Waals surface area contributed by atoms with Crippen LogP contribution in [0.2, 0.25) is 0 Å². The van der Waals surface area contributed by atoms with Crippen LogP contribution >= 0.6 is 0 Å². The molecule has 2 aliphatic rings. The lowest BCUT2D eigenvalue weighted by atomic mass is 10.0. The molecule has 1 N–H and O–H groups in total. The summed E-state index contributed by atoms with van der Waals surface area (Å²) >= 11 is 0. The SMILES string of the molecule is CC(=O)c1cn(C2CCCC2)c2ccc(-c3nc(Nc4ccc(CN5CCN(C)CC5)cn4)ncc3F)cc12. The van der Waals surface area contributed by atoms with Crippen molar-refractivity contribution >= 4 is 28.5 Å². The van der Waals surface area contributed by atoms with E-state index in [2.05, 4.69) is 41.7 Å². The van der Waals surface area contributed by atoms with E-state index in [4.69, 9.17) is 0 Å². The van der Waals surface area contributed by atoms with E-state index in [1.54, 1.807) is 6.92 Å². The summed E-state index contributed by atoms with van der Waals surface area (Å²) in [5.74, 6) is 0.343. The van der Waals surface area contributed by atoms with E-state index < -0.39 is 5.82 Å². The molecule has 6 rings (SSSR count). The van der Waals surface area contributed by atoms with Crippen molar-refractivity contribution in [1.29, 1.82) is 0 Å². The van der Waals surface area contributed by atoms with Gasteiger partial charge in [0.05, 0.1) is 6.20 Å². The second-order valence-corrected chi connectivity index (χ2v) is 10.8. The number of carbonyl (C=O) groups is 1. The number of aromatic nitrogens is 4. The van der Waals surface area contributed by atoms with Crippen molar-refractivity contribution in [3.63, 3.8) is 0 Å². The summed E-state index contributed by atoms with van der Waals surface area (Å²) in [5.41, 5.74) is 3.60. The van der Waals surface area contributed by atoms with Crippen LogP contribution in [0.25, 0.3) is 22.2 Å². The van der Waals surface area contributed by atoms with Crippen LogP contribution in [0.4, 0.5) is 16.2 Å². The van der Waals surface area contributed by atoms with Crippen molar-refractivity contribution in [3.8, 4) is 11.3 Å². The van der Waals surface area contributed by atoms with E-state index in [-0.39, 0.29) is 17.4 Å². The smallest absolute Gasteiger partial charge is 0.229 e. The van der Waals surface area contributed by atoms with Gasteiger partial charge in [-0.15, -0.1) is 0 Å². The number of piperazine rings is 1. The Morgan fingerprint density at radius 1 is 1.05 bits per heavy atom. The molecule has 0 amide bonds. The number of halogens is 1. The van der Waals surface area contributed by atoms with Gasteiger partial charge in [0.1, 0.15) is 11.5 Å². The fourth-order valence-corrected chi connectivity index (χ4v) is 5.77. The number of likely N-dealkylation sites (N-methyl/N-ethyl adjacent to an activating group) is 1. The molecule has 0 spiro atoms. The van der Waals surface area contributed by atoms with Gasteiger partial charge < -0.3 is 14.8 Å². The van der Waals surface area contributed by atoms with E-state index in [9.17, 15) is 9.18 Å². The van der Waals surface area contributed by atoms with E-state index in [1.807, 2.05) is 42.7 Å². The number of fused-ring (bicyclic) bond motifs is 1. The fraction of sp³-hybridized carbons (Fsp3) is 0.400. The third-order valence-electron chi connectivity index (χ3n) is 8.01. The summed E-state index contributed by atoms with van der Waals surface area (Å²) in [7, 11) is 2.15. The quantitative estimate of drug-likeness (QED) is 0.321. The minimum atomic E-state index is -0.519. The normalized spacial score (nSPS) is 17.2. The van der Waals surface area contributed by atoms with Crippen molar-refractivity contribution in [2.75, 3.05) is 38.5 Å². The Morgan fingerprint density at radius 2 is 1.85 bits per heavy atom. The molecule has 3 aromatic heterocycles. The number of rotatable bonds is 7. The zero-order valence-electron chi connectivity index (χ0n) is 22.5. The predicted octanol–water partition coefficient (Wildman–Crippen LogP) is 5.44. The molecule has 9 heteroatoms. The Morgan fingerprint density at radius 3 is 2.56 bits per heavy atom. The highest BCUT2D eigenvalue weighted by Crippen LogP contribution is 2.36. The van der Waals surface area contributed by atoms with Crippen molar-refractivity contribution in [2.24, 2.45) is 0 Å². The summed E-state index contributed by atoms with van der Waals surface area (Å²) in [5, 5.41) is 3.94. The molecule has 4 aromatic rings. The molecule has 4 heterocycles. The van der Waals surface area contributed by atoms with Gasteiger partial charge in [-0.1, -0.05) is 25.0 Å². The van der Waals surface area contributed by atoms with E-state index in [0.29, 0.717) is 23.0 Å². The zero-order chi connectivity index (χ0) is 26.9. The molecule has 1 aromatic carbocycles. The van der Waals surface area contributed by atoms with Crippen molar-refractivity contribution in [3.05, 3.63) is 65.9 Å². The number of Topliss-reactive ketones (excluding diaryl/α,β-unsaturated/α-hetero) is 1. The van der Waals surface area contributed by atoms with Gasteiger partial charge in [0.15, 0.2) is 11.6 Å². The summed E-state index contributed by atoms with van der Waals surface area (Å²) in [6, 6.07) is 10.1. The Kier molecular flexibility index (Phi) is 7.10. The van der Waals surface area contributed by atoms with Crippen LogP contribution in [0.15, 0.2) is 48.9 Å². The Labute approximate surface area is 227 Å². The number of hydrogen-bond donors (Lipinski definition) is 1. The van der Waals surface area contributed by atoms with Crippen molar-refractivity contribution in [2.45, 2.75) is 45.2 Å². The highest BCUT2D eigenvalue weighted by Gasteiger charge is 2.22. The zero-order valence-corrected chi connectivity index (χ0v) is 22.5. The van der Waals surface area contributed by atoms with Gasteiger partial charge >= 0.3 is 0 Å². The minimum Gasteiger partial charge on any atom is -0.344 e. The van der Waals surface area contributed by atoms with Crippen LogP contribution in [0.3, 0.4) is 0 Å². The van der Waals surface area contributed by atoms with Gasteiger partial charge in [0.2, 0.25) is 5.95 Å². The number of benzene rings is 1. The lowest BCUT2D eigenvalue weighted by Crippen LogP contribution is -2.43. The Bertz CT molecular complexity index is 1490. The monoisotopic (exact) mass is 527 g/mol. The highest BCUT2D eigenvalue weighted by atomic mass is 19.1. The van der Waals surface area contributed by atoms with Crippen LogP contribution in [-0.4, -0.2) is 68.3 Å². The largest absolute Gasteiger partial charge is 0.344 e. The number of nitrogens with zero attached hydrogens (tertiary/aromatic N) is 6. The lowest BCUT2D eigenvalue weighted by Gasteiger charge is -2.32. The van der Waals surface area contributed by atoms with E-state index in [0.717, 1.165) is 62.0 Å². The van der Waals surface area contributed by atoms with Crippen LogP contribution in [0, 0.1) is 5.82 Å². The molecule has 1 saturated heterocycles. The number of anilines is 2. The maximum absolute atomic E-state index is 15.0. The molecule has 202 valence electrons. The number of carbonyl (C=O) groups excluding carboxylic acids is 1. The molecule has 1 aliphatic heterocycles. The third-order valence-corrected chi connectivity index (χ3v) is 8.01. The van der Waals surface area contributed by atoms with E-state index >= 15 is 0 Å². The number of pyridine rings is 1. The molecular weight excluding hydrogens is 493 g/mol. The van der Waals surface area contributed by atoms with Crippen molar-refractivity contribution in [1.82, 2.24) is 29.3 Å². The van der Waals surface area contributed by atoms with E-state index in [1.165, 1.54) is 19.0 Å². The first-order valence-corrected chi connectivity index (χ1v) is 13.8. The molecule has 2 fully saturated rings. The van der Waals surface area contributed by atoms with Gasteiger partial charge in [-0.05, 0) is 50.6 Å². The number of nitrogens with one attached hydrogen (secondary N) is 1. The average Bonchev–Trinajstić information content (AvgIpc) is 3.60. The molecule has 0 atom stereocenters. The summed E-state index contributed by atoms with van der Waals surface area (Å²) in [4.78, 5) is 30.4. The van der Waals surface area contributed by atoms with Gasteiger partial charge in [-0.3, -0.25) is 9.69 Å². The van der Waals surface area contributed by atoms with Crippen LogP contribution in [0.5, 0.6) is 0 Å². The summed E-state index contributed by atoms with van der Waals surface area (Å²) in [6.07, 6.45) is 9.63. The van der Waals surface area contributed by atoms with Gasteiger partial charge in [0, 0.05) is 73.2 Å². The Balaban J connectivity index is 1.23. The molecule has 0 bridgehead atoms. The molecular formula is C30H34FN7O. The number of ketones is 1. The molecule has 39 heavy (non-hydrogen) atoms. The summed E-state index contributed by atoms with van der Waals surface area (Å²) in [6.45, 7) is 6.70. The maximum atomic E-state index is 15.0. The van der Waals surface area contributed by atoms with Crippen LogP contribution < -0.4 is 5.32 Å². The predicted molar refractivity (Wildman–Crippen MR) is 151 cm³/mol. The van der Waals surface area contributed by atoms with Crippen molar-refractivity contribution < 1.29 is 9.18 Å². The first-order valence-electron chi connectivity index (χ1n) is 13.8. The minimum absolute atomic E-state index is 0.00144. The molecule has 1 aliphatic carbocycles. The van der Waals surface area contributed by atoms with Gasteiger partial charge in [-0.2, -0.15) is 0 Å². The summed E-state index contributed by atoms with van der Waals surface area (Å²) < 4.78 is 17.2. The standard InChI is InChI=1S/C30H34FN7O/c1-20(39)25-19-38(23-5-3-4-6-23)27-9-8-22(15-24(25)27)29-26(31)17-33-30(35-29)34-28-10-7-21(16-32-28)18-37-13-11-36(2)12-14-37/h7-10,15-17,19,23H,3-6,11-14,18H2,1-2H3,(H,32,33,34,35). The highest BCUT2D eigenvalue weighted by molar-refractivity contribution is 6.08. The van der Waals surface area contributed by atoms with Gasteiger partial charge in [0.25, 0.3) is 0 Å². The first-order chi connectivity index (χ1) is 18.9. The van der Waals surface area contributed by atoms with Crippen LogP contribution in [-0.2, 0) is 6.54 Å². The molecule has 0 radical (unpaired) electrons. The first kappa shape index (κ1) is 25.6. The van der Waals surface area contributed by atoms with Crippen LogP contribution in [0.1, 0.15) is 54.6 Å². The topological polar surface area (TPSA) is 79.2 Å². The third kappa shape index (κ3) is 5.42. The second-order valence-electron chi connectivity index (χ2n) is 10.8.